The Kier molecular flexibility index (Phi) is 9.74. The molecule has 1 aliphatic heterocycles. The predicted molar refractivity (Wildman–Crippen MR) is 181 cm³/mol. The summed E-state index contributed by atoms with van der Waals surface area (Å²) in [6, 6.07) is 21.2. The molecule has 2 amide bonds. The first-order chi connectivity index (χ1) is 21.9. The van der Waals surface area contributed by atoms with E-state index in [2.05, 4.69) is 36.7 Å². The minimum Gasteiger partial charge on any atom is -0.497 e. The summed E-state index contributed by atoms with van der Waals surface area (Å²) in [4.78, 5) is 13.5. The molecule has 1 fully saturated rings. The fourth-order valence-electron chi connectivity index (χ4n) is 5.79. The van der Waals surface area contributed by atoms with E-state index in [9.17, 15) is 13.2 Å². The molecule has 4 aromatic rings. The second-order valence-corrected chi connectivity index (χ2v) is 14.7. The lowest BCUT2D eigenvalue weighted by molar-refractivity contribution is 0.262. The fraction of sp³-hybridized carbons (Fsp3) is 0.371. The number of ether oxygens (including phenoxy) is 2. The van der Waals surface area contributed by atoms with Gasteiger partial charge in [-0.25, -0.2) is 17.9 Å². The van der Waals surface area contributed by atoms with Gasteiger partial charge in [-0.3, -0.25) is 5.32 Å². The molecule has 0 aliphatic carbocycles. The summed E-state index contributed by atoms with van der Waals surface area (Å²) < 4.78 is 41.5. The Morgan fingerprint density at radius 3 is 2.33 bits per heavy atom. The van der Waals surface area contributed by atoms with Gasteiger partial charge in [0.05, 0.1) is 30.9 Å². The Labute approximate surface area is 271 Å². The lowest BCUT2D eigenvalue weighted by atomic mass is 9.90. The number of nitrogens with one attached hydrogen (secondary N) is 3. The summed E-state index contributed by atoms with van der Waals surface area (Å²) in [6.07, 6.45) is 1.38. The molecule has 0 radical (unpaired) electrons. The molecule has 3 N–H and O–H groups in total. The number of piperidine rings is 1. The van der Waals surface area contributed by atoms with Crippen molar-refractivity contribution in [2.75, 3.05) is 37.9 Å². The largest absolute Gasteiger partial charge is 0.497 e. The molecular weight excluding hydrogens is 602 g/mol. The number of urea groups is 1. The Balaban J connectivity index is 1.46. The Hall–Kier alpha value is -4.35. The zero-order valence-electron chi connectivity index (χ0n) is 27.3. The van der Waals surface area contributed by atoms with Crippen molar-refractivity contribution in [2.24, 2.45) is 5.92 Å². The molecule has 10 nitrogen and oxygen atoms in total. The molecule has 0 spiro atoms. The number of aromatic nitrogens is 2. The maximum absolute atomic E-state index is 14.5. The summed E-state index contributed by atoms with van der Waals surface area (Å²) >= 11 is 0. The Bertz CT molecular complexity index is 1790. The molecule has 3 aromatic carbocycles. The highest BCUT2D eigenvalue weighted by atomic mass is 32.2. The van der Waals surface area contributed by atoms with Crippen LogP contribution in [0.15, 0.2) is 77.7 Å². The van der Waals surface area contributed by atoms with Gasteiger partial charge in [-0.1, -0.05) is 50.6 Å². The third-order valence-corrected chi connectivity index (χ3v) is 10.6. The summed E-state index contributed by atoms with van der Waals surface area (Å²) in [5.41, 5.74) is 3.59. The first kappa shape index (κ1) is 33.0. The van der Waals surface area contributed by atoms with Crippen molar-refractivity contribution in [2.45, 2.75) is 56.1 Å². The molecule has 46 heavy (non-hydrogen) atoms. The van der Waals surface area contributed by atoms with E-state index in [-0.39, 0.29) is 22.0 Å². The monoisotopic (exact) mass is 645 g/mol. The molecule has 5 rings (SSSR count). The van der Waals surface area contributed by atoms with Crippen molar-refractivity contribution in [1.29, 1.82) is 0 Å². The number of anilines is 2. The minimum atomic E-state index is -3.95. The predicted octanol–water partition coefficient (Wildman–Crippen LogP) is 6.65. The fourth-order valence-corrected chi connectivity index (χ4v) is 8.06. The van der Waals surface area contributed by atoms with Crippen LogP contribution < -0.4 is 25.4 Å². The molecule has 1 aromatic heterocycles. The first-order valence-electron chi connectivity index (χ1n) is 15.4. The van der Waals surface area contributed by atoms with Crippen molar-refractivity contribution >= 4 is 27.4 Å². The lowest BCUT2D eigenvalue weighted by Crippen LogP contribution is -2.34. The van der Waals surface area contributed by atoms with Crippen LogP contribution in [0.4, 0.5) is 16.3 Å². The second kappa shape index (κ2) is 13.6. The van der Waals surface area contributed by atoms with E-state index >= 15 is 0 Å². The van der Waals surface area contributed by atoms with Gasteiger partial charge in [0.25, 0.3) is 0 Å². The van der Waals surface area contributed by atoms with Gasteiger partial charge in [-0.15, -0.1) is 0 Å². The summed E-state index contributed by atoms with van der Waals surface area (Å²) in [5.74, 6) is 1.05. The van der Waals surface area contributed by atoms with Gasteiger partial charge in [-0.05, 0) is 80.7 Å². The number of amides is 2. The van der Waals surface area contributed by atoms with Crippen molar-refractivity contribution < 1.29 is 22.7 Å². The molecule has 0 saturated carbocycles. The molecule has 244 valence electrons. The molecule has 2 heterocycles. The van der Waals surface area contributed by atoms with E-state index in [0.717, 1.165) is 30.0 Å². The van der Waals surface area contributed by atoms with Crippen LogP contribution in [0.25, 0.3) is 5.69 Å². The zero-order chi connectivity index (χ0) is 33.1. The van der Waals surface area contributed by atoms with Crippen LogP contribution in [0.3, 0.4) is 0 Å². The smallest absolute Gasteiger partial charge is 0.324 e. The topological polar surface area (TPSA) is 124 Å². The van der Waals surface area contributed by atoms with Crippen LogP contribution in [-0.2, 0) is 15.3 Å². The standard InChI is InChI=1S/C35H43N5O5S/c1-23-10-12-27(13-11-23)40-32(22-31(39-40)35(2,3)4)38-34(41)37-26-9-7-8-25(20-26)33(24-16-18-36-19-17-24)46(42,43)30-21-28(44-5)14-15-29(30)45-6/h7-15,20-22,24,33,36H,16-19H2,1-6H3,(H2,37,38,41). The van der Waals surface area contributed by atoms with Crippen molar-refractivity contribution in [3.63, 3.8) is 0 Å². The van der Waals surface area contributed by atoms with Crippen LogP contribution >= 0.6 is 0 Å². The van der Waals surface area contributed by atoms with Gasteiger partial charge in [-0.2, -0.15) is 5.10 Å². The van der Waals surface area contributed by atoms with Gasteiger partial charge in [0, 0.05) is 23.2 Å². The molecule has 11 heteroatoms. The van der Waals surface area contributed by atoms with E-state index in [1.54, 1.807) is 35.0 Å². The number of rotatable bonds is 9. The molecule has 0 bridgehead atoms. The SMILES string of the molecule is COc1ccc(OC)c(S(=O)(=O)C(c2cccc(NC(=O)Nc3cc(C(C)(C)C)nn3-c3ccc(C)cc3)c2)C2CCNCC2)c1. The number of aryl methyl sites for hydroxylation is 1. The van der Waals surface area contributed by atoms with Gasteiger partial charge in [0.1, 0.15) is 22.2 Å². The van der Waals surface area contributed by atoms with E-state index in [4.69, 9.17) is 14.6 Å². The van der Waals surface area contributed by atoms with Gasteiger partial charge in [0.2, 0.25) is 0 Å². The van der Waals surface area contributed by atoms with E-state index in [1.807, 2.05) is 43.3 Å². The number of hydrogen-bond donors (Lipinski definition) is 3. The Morgan fingerprint density at radius 2 is 1.67 bits per heavy atom. The number of methoxy groups -OCH3 is 2. The van der Waals surface area contributed by atoms with Crippen LogP contribution in [0.1, 0.15) is 55.7 Å². The number of carbonyl (C=O) groups is 1. The zero-order valence-corrected chi connectivity index (χ0v) is 28.1. The average molecular weight is 646 g/mol. The highest BCUT2D eigenvalue weighted by Crippen LogP contribution is 2.43. The van der Waals surface area contributed by atoms with E-state index in [0.29, 0.717) is 35.7 Å². The van der Waals surface area contributed by atoms with E-state index < -0.39 is 21.1 Å². The van der Waals surface area contributed by atoms with Crippen molar-refractivity contribution in [3.8, 4) is 17.2 Å². The first-order valence-corrected chi connectivity index (χ1v) is 17.0. The molecule has 1 unspecified atom stereocenters. The maximum atomic E-state index is 14.5. The number of benzene rings is 3. The van der Waals surface area contributed by atoms with Gasteiger partial charge in [0.15, 0.2) is 9.84 Å². The van der Waals surface area contributed by atoms with Gasteiger partial charge >= 0.3 is 6.03 Å². The normalized spacial score (nSPS) is 14.8. The highest BCUT2D eigenvalue weighted by molar-refractivity contribution is 7.91. The minimum absolute atomic E-state index is 0.0769. The van der Waals surface area contributed by atoms with Gasteiger partial charge < -0.3 is 20.1 Å². The molecular formula is C35H43N5O5S. The number of nitrogens with zero attached hydrogens (tertiary/aromatic N) is 2. The van der Waals surface area contributed by atoms with Crippen LogP contribution in [0.2, 0.25) is 0 Å². The molecule has 1 atom stereocenters. The third kappa shape index (κ3) is 7.21. The second-order valence-electron chi connectivity index (χ2n) is 12.7. The Morgan fingerprint density at radius 1 is 0.957 bits per heavy atom. The average Bonchev–Trinajstić information content (AvgIpc) is 3.46. The quantitative estimate of drug-likeness (QED) is 0.186. The number of sulfone groups is 1. The lowest BCUT2D eigenvalue weighted by Gasteiger charge is -2.31. The third-order valence-electron chi connectivity index (χ3n) is 8.29. The summed E-state index contributed by atoms with van der Waals surface area (Å²) in [7, 11) is -0.989. The molecule has 1 saturated heterocycles. The van der Waals surface area contributed by atoms with Crippen LogP contribution in [0.5, 0.6) is 11.5 Å². The van der Waals surface area contributed by atoms with Crippen molar-refractivity contribution in [3.05, 3.63) is 89.6 Å². The number of carbonyl (C=O) groups excluding carboxylic acids is 1. The number of hydrogen-bond acceptors (Lipinski definition) is 7. The van der Waals surface area contributed by atoms with E-state index in [1.165, 1.54) is 20.3 Å². The highest BCUT2D eigenvalue weighted by Gasteiger charge is 2.38. The molecule has 1 aliphatic rings. The van der Waals surface area contributed by atoms with Crippen molar-refractivity contribution in [1.82, 2.24) is 15.1 Å². The summed E-state index contributed by atoms with van der Waals surface area (Å²) in [5, 5.41) is 13.1. The summed E-state index contributed by atoms with van der Waals surface area (Å²) in [6.45, 7) is 9.66. The van der Waals surface area contributed by atoms with Crippen LogP contribution in [-0.4, -0.2) is 51.5 Å². The maximum Gasteiger partial charge on any atom is 0.324 e. The van der Waals surface area contributed by atoms with Crippen LogP contribution in [0, 0.1) is 12.8 Å².